The molecule has 0 aromatic heterocycles. The van der Waals surface area contributed by atoms with Gasteiger partial charge in [-0.25, -0.2) is 4.79 Å². The number of hydrogen-bond acceptors (Lipinski definition) is 5. The minimum Gasteiger partial charge on any atom is -0.480 e. The predicted molar refractivity (Wildman–Crippen MR) is 83.3 cm³/mol. The van der Waals surface area contributed by atoms with Crippen molar-refractivity contribution >= 4 is 35.2 Å². The first-order valence-electron chi connectivity index (χ1n) is 7.23. The number of para-hydroxylation sites is 1. The van der Waals surface area contributed by atoms with E-state index >= 15 is 0 Å². The van der Waals surface area contributed by atoms with Crippen LogP contribution in [-0.2, 0) is 19.1 Å². The molecular weight excluding hydrogens is 320 g/mol. The highest BCUT2D eigenvalue weighted by atomic mass is 32.2. The molecule has 1 fully saturated rings. The van der Waals surface area contributed by atoms with Gasteiger partial charge in [0.1, 0.15) is 0 Å². The second-order valence-corrected chi connectivity index (χ2v) is 6.56. The number of carboxylic acid groups (broad SMARTS) is 1. The number of benzene rings is 1. The van der Waals surface area contributed by atoms with Crippen LogP contribution in [0.1, 0.15) is 6.42 Å². The van der Waals surface area contributed by atoms with Crippen molar-refractivity contribution in [1.82, 2.24) is 4.90 Å². The highest BCUT2D eigenvalue weighted by molar-refractivity contribution is 8.01. The van der Waals surface area contributed by atoms with E-state index in [1.165, 1.54) is 16.7 Å². The molecule has 3 rings (SSSR count). The van der Waals surface area contributed by atoms with E-state index in [4.69, 9.17) is 4.74 Å². The number of morpholine rings is 1. The van der Waals surface area contributed by atoms with E-state index in [1.807, 2.05) is 18.2 Å². The van der Waals surface area contributed by atoms with Gasteiger partial charge in [0, 0.05) is 17.9 Å². The lowest BCUT2D eigenvalue weighted by Crippen LogP contribution is -2.53. The minimum absolute atomic E-state index is 0.0199. The predicted octanol–water partition coefficient (Wildman–Crippen LogP) is 0.801. The fourth-order valence-corrected chi connectivity index (χ4v) is 3.71. The van der Waals surface area contributed by atoms with Crippen molar-refractivity contribution in [2.75, 3.05) is 25.1 Å². The van der Waals surface area contributed by atoms with E-state index in [0.29, 0.717) is 6.61 Å². The van der Waals surface area contributed by atoms with Crippen LogP contribution in [0.5, 0.6) is 0 Å². The third-order valence-electron chi connectivity index (χ3n) is 3.80. The molecule has 0 aliphatic carbocycles. The van der Waals surface area contributed by atoms with Gasteiger partial charge in [0.05, 0.1) is 24.2 Å². The summed E-state index contributed by atoms with van der Waals surface area (Å²) in [4.78, 5) is 38.0. The number of amides is 2. The van der Waals surface area contributed by atoms with Crippen LogP contribution in [0.3, 0.4) is 0 Å². The van der Waals surface area contributed by atoms with Crippen LogP contribution in [0, 0.1) is 0 Å². The van der Waals surface area contributed by atoms with Gasteiger partial charge in [-0.05, 0) is 12.1 Å². The summed E-state index contributed by atoms with van der Waals surface area (Å²) in [7, 11) is 0. The molecule has 7 nitrogen and oxygen atoms in total. The minimum atomic E-state index is -1.09. The third kappa shape index (κ3) is 3.32. The van der Waals surface area contributed by atoms with Gasteiger partial charge in [-0.3, -0.25) is 9.59 Å². The maximum atomic E-state index is 12.5. The largest absolute Gasteiger partial charge is 0.480 e. The topological polar surface area (TPSA) is 95.9 Å². The monoisotopic (exact) mass is 336 g/mol. The Morgan fingerprint density at radius 2 is 2.17 bits per heavy atom. The van der Waals surface area contributed by atoms with Crippen molar-refractivity contribution in [3.05, 3.63) is 24.3 Å². The number of thioether (sulfide) groups is 1. The number of aliphatic carboxylic acids is 1. The van der Waals surface area contributed by atoms with Crippen molar-refractivity contribution in [2.24, 2.45) is 0 Å². The highest BCUT2D eigenvalue weighted by Gasteiger charge is 2.36. The summed E-state index contributed by atoms with van der Waals surface area (Å²) in [6.07, 6.45) is -0.0331. The van der Waals surface area contributed by atoms with Crippen LogP contribution in [0.15, 0.2) is 29.2 Å². The molecule has 1 saturated heterocycles. The van der Waals surface area contributed by atoms with Crippen molar-refractivity contribution < 1.29 is 24.2 Å². The van der Waals surface area contributed by atoms with Crippen LogP contribution in [0.2, 0.25) is 0 Å². The van der Waals surface area contributed by atoms with E-state index in [9.17, 15) is 19.5 Å². The van der Waals surface area contributed by atoms with Crippen molar-refractivity contribution in [1.29, 1.82) is 0 Å². The van der Waals surface area contributed by atoms with Gasteiger partial charge in [-0.15, -0.1) is 11.8 Å². The van der Waals surface area contributed by atoms with Crippen LogP contribution in [0.25, 0.3) is 0 Å². The van der Waals surface area contributed by atoms with Gasteiger partial charge in [0.2, 0.25) is 11.8 Å². The van der Waals surface area contributed by atoms with Crippen LogP contribution < -0.4 is 5.32 Å². The molecule has 0 spiro atoms. The molecule has 8 heteroatoms. The molecule has 0 radical (unpaired) electrons. The zero-order chi connectivity index (χ0) is 16.4. The number of carboxylic acids is 1. The van der Waals surface area contributed by atoms with Gasteiger partial charge in [-0.2, -0.15) is 0 Å². The summed E-state index contributed by atoms with van der Waals surface area (Å²) in [6, 6.07) is 6.40. The lowest BCUT2D eigenvalue weighted by Gasteiger charge is -2.34. The van der Waals surface area contributed by atoms with Crippen LogP contribution in [0.4, 0.5) is 5.69 Å². The number of nitrogens with zero attached hydrogens (tertiary/aromatic N) is 1. The molecule has 1 aromatic rings. The number of hydrogen-bond donors (Lipinski definition) is 2. The number of anilines is 1. The maximum absolute atomic E-state index is 12.5. The Hall–Kier alpha value is -2.06. The van der Waals surface area contributed by atoms with E-state index in [2.05, 4.69) is 5.32 Å². The van der Waals surface area contributed by atoms with Gasteiger partial charge >= 0.3 is 5.97 Å². The van der Waals surface area contributed by atoms with Crippen molar-refractivity contribution in [3.8, 4) is 0 Å². The highest BCUT2D eigenvalue weighted by Crippen LogP contribution is 2.36. The zero-order valence-corrected chi connectivity index (χ0v) is 13.0. The number of ether oxygens (including phenoxy) is 1. The van der Waals surface area contributed by atoms with Crippen molar-refractivity contribution in [2.45, 2.75) is 22.6 Å². The van der Waals surface area contributed by atoms with Crippen LogP contribution >= 0.6 is 11.8 Å². The van der Waals surface area contributed by atoms with Gasteiger partial charge in [0.25, 0.3) is 0 Å². The number of carbonyl (C=O) groups is 3. The lowest BCUT2D eigenvalue weighted by molar-refractivity contribution is -0.158. The first-order valence-corrected chi connectivity index (χ1v) is 8.11. The Morgan fingerprint density at radius 1 is 1.39 bits per heavy atom. The normalized spacial score (nSPS) is 23.8. The summed E-state index contributed by atoms with van der Waals surface area (Å²) in [5, 5.41) is 11.4. The second-order valence-electron chi connectivity index (χ2n) is 5.31. The Morgan fingerprint density at radius 3 is 2.96 bits per heavy atom. The van der Waals surface area contributed by atoms with Gasteiger partial charge in [-0.1, -0.05) is 12.1 Å². The van der Waals surface area contributed by atoms with E-state index in [-0.39, 0.29) is 31.4 Å². The third-order valence-corrected chi connectivity index (χ3v) is 5.08. The molecule has 122 valence electrons. The first kappa shape index (κ1) is 15.8. The first-order chi connectivity index (χ1) is 11.1. The van der Waals surface area contributed by atoms with Crippen molar-refractivity contribution in [3.63, 3.8) is 0 Å². The molecule has 0 bridgehead atoms. The molecule has 2 heterocycles. The summed E-state index contributed by atoms with van der Waals surface area (Å²) in [6.45, 7) is 0.516. The van der Waals surface area contributed by atoms with Gasteiger partial charge in [0.15, 0.2) is 6.04 Å². The Kier molecular flexibility index (Phi) is 4.53. The molecule has 23 heavy (non-hydrogen) atoms. The molecule has 2 aliphatic heterocycles. The fraction of sp³-hybridized carbons (Fsp3) is 0.400. The second kappa shape index (κ2) is 6.59. The summed E-state index contributed by atoms with van der Waals surface area (Å²) >= 11 is 1.33. The summed E-state index contributed by atoms with van der Waals surface area (Å²) < 4.78 is 5.12. The average molecular weight is 336 g/mol. The molecule has 2 unspecified atom stereocenters. The molecule has 1 aromatic carbocycles. The smallest absolute Gasteiger partial charge is 0.328 e. The summed E-state index contributed by atoms with van der Waals surface area (Å²) in [5.74, 6) is -1.67. The summed E-state index contributed by atoms with van der Waals surface area (Å²) in [5.41, 5.74) is 0.737. The average Bonchev–Trinajstić information content (AvgIpc) is 2.55. The molecular formula is C15H16N2O5S. The number of fused-ring (bicyclic) bond motifs is 1. The SMILES string of the molecule is O=C1Nc2ccccc2SC1CC(=O)N1CCOCC1C(=O)O. The quantitative estimate of drug-likeness (QED) is 0.848. The molecule has 2 amide bonds. The molecule has 0 saturated carbocycles. The molecule has 2 atom stereocenters. The van der Waals surface area contributed by atoms with E-state index in [0.717, 1.165) is 10.6 Å². The van der Waals surface area contributed by atoms with E-state index < -0.39 is 17.3 Å². The number of carbonyl (C=O) groups excluding carboxylic acids is 2. The molecule has 2 aliphatic rings. The van der Waals surface area contributed by atoms with Gasteiger partial charge < -0.3 is 20.1 Å². The Bertz CT molecular complexity index is 651. The maximum Gasteiger partial charge on any atom is 0.328 e. The van der Waals surface area contributed by atoms with E-state index in [1.54, 1.807) is 6.07 Å². The standard InChI is InChI=1S/C15H16N2O5S/c18-13(17-5-6-22-8-10(17)15(20)21)7-12-14(19)16-9-3-1-2-4-11(9)23-12/h1-4,10,12H,5-8H2,(H,16,19)(H,20,21). The van der Waals surface area contributed by atoms with Crippen LogP contribution in [-0.4, -0.2) is 58.8 Å². The number of rotatable bonds is 3. The fourth-order valence-electron chi connectivity index (χ4n) is 2.61. The Balaban J connectivity index is 1.70. The Labute approximate surface area is 137 Å². The lowest BCUT2D eigenvalue weighted by atomic mass is 10.1. The molecule has 2 N–H and O–H groups in total. The number of nitrogens with one attached hydrogen (secondary N) is 1. The zero-order valence-electron chi connectivity index (χ0n) is 12.2.